The van der Waals surface area contributed by atoms with E-state index in [0.29, 0.717) is 18.8 Å². The highest BCUT2D eigenvalue weighted by atomic mass is 16.5. The number of nitrogens with one attached hydrogen (secondary N) is 3. The molecule has 168 valence electrons. The van der Waals surface area contributed by atoms with E-state index in [9.17, 15) is 9.59 Å². The molecule has 8 heteroatoms. The molecule has 1 saturated heterocycles. The van der Waals surface area contributed by atoms with Crippen LogP contribution in [0.1, 0.15) is 43.8 Å². The normalized spacial score (nSPS) is 19.6. The summed E-state index contributed by atoms with van der Waals surface area (Å²) in [5, 5.41) is 8.62. The molecule has 1 aromatic carbocycles. The van der Waals surface area contributed by atoms with Crippen LogP contribution in [0.5, 0.6) is 0 Å². The van der Waals surface area contributed by atoms with Crippen molar-refractivity contribution >= 4 is 17.6 Å². The minimum absolute atomic E-state index is 0.169. The van der Waals surface area contributed by atoms with Crippen LogP contribution < -0.4 is 16.0 Å². The van der Waals surface area contributed by atoms with Crippen molar-refractivity contribution in [3.8, 4) is 0 Å². The number of ether oxygens (including phenoxy) is 1. The molecule has 1 fully saturated rings. The number of rotatable bonds is 7. The van der Waals surface area contributed by atoms with Gasteiger partial charge in [0.2, 0.25) is 0 Å². The number of hydrogen-bond acceptors (Lipinski definition) is 5. The van der Waals surface area contributed by atoms with Gasteiger partial charge >= 0.3 is 6.03 Å². The molecule has 3 N–H and O–H groups in total. The van der Waals surface area contributed by atoms with Crippen LogP contribution in [0.4, 0.5) is 10.5 Å². The number of carbonyl (C=O) groups is 2. The lowest BCUT2D eigenvalue weighted by Crippen LogP contribution is -2.59. The summed E-state index contributed by atoms with van der Waals surface area (Å²) in [5.41, 5.74) is 1.42. The Hall–Kier alpha value is -2.84. The van der Waals surface area contributed by atoms with Crippen LogP contribution >= 0.6 is 0 Å². The smallest absolute Gasteiger partial charge is 0.315 e. The highest BCUT2D eigenvalue weighted by Crippen LogP contribution is 2.20. The maximum Gasteiger partial charge on any atom is 0.315 e. The number of morpholine rings is 1. The molecule has 8 nitrogen and oxygen atoms in total. The topological polar surface area (TPSA) is 95.8 Å². The van der Waals surface area contributed by atoms with Gasteiger partial charge in [-0.2, -0.15) is 0 Å². The average molecular weight is 429 g/mol. The number of anilines is 1. The molecule has 3 rings (SSSR count). The molecular formula is C23H32N4O4. The lowest BCUT2D eigenvalue weighted by atomic mass is 10.00. The molecule has 2 atom stereocenters. The van der Waals surface area contributed by atoms with E-state index < -0.39 is 0 Å². The number of nitrogens with zero attached hydrogens (tertiary/aromatic N) is 1. The van der Waals surface area contributed by atoms with Gasteiger partial charge in [-0.1, -0.05) is 12.1 Å². The quantitative estimate of drug-likeness (QED) is 0.629. The second-order valence-electron chi connectivity index (χ2n) is 8.64. The van der Waals surface area contributed by atoms with E-state index in [2.05, 4.69) is 48.5 Å². The summed E-state index contributed by atoms with van der Waals surface area (Å²) in [5.74, 6) is -0.0479. The van der Waals surface area contributed by atoms with Crippen LogP contribution in [-0.2, 0) is 11.3 Å². The first-order valence-corrected chi connectivity index (χ1v) is 10.6. The highest BCUT2D eigenvalue weighted by Gasteiger charge is 2.33. The van der Waals surface area contributed by atoms with Crippen molar-refractivity contribution in [2.45, 2.75) is 52.0 Å². The van der Waals surface area contributed by atoms with Crippen molar-refractivity contribution in [1.82, 2.24) is 15.5 Å². The SMILES string of the molecule is C[C@H]1CN(C(C)(C)CNC(=O)NCc2ccc(NC(=O)c3ccco3)cc2)C[C@H](C)O1. The van der Waals surface area contributed by atoms with Crippen molar-refractivity contribution < 1.29 is 18.7 Å². The van der Waals surface area contributed by atoms with E-state index in [1.165, 1.54) is 6.26 Å². The van der Waals surface area contributed by atoms with Crippen LogP contribution in [0, 0.1) is 0 Å². The Labute approximate surface area is 183 Å². The van der Waals surface area contributed by atoms with Crippen molar-refractivity contribution in [2.75, 3.05) is 25.0 Å². The van der Waals surface area contributed by atoms with Gasteiger partial charge in [-0.15, -0.1) is 0 Å². The number of amides is 3. The second-order valence-corrected chi connectivity index (χ2v) is 8.64. The van der Waals surface area contributed by atoms with Gasteiger partial charge in [0.05, 0.1) is 18.5 Å². The standard InChI is InChI=1S/C23H32N4O4/c1-16-13-27(14-17(2)31-16)23(3,4)15-25-22(29)24-12-18-7-9-19(10-8-18)26-21(28)20-6-5-11-30-20/h5-11,16-17H,12-15H2,1-4H3,(H,26,28)(H2,24,25,29)/t16-,17-/m0/s1. The first-order chi connectivity index (χ1) is 14.7. The minimum Gasteiger partial charge on any atom is -0.459 e. The summed E-state index contributed by atoms with van der Waals surface area (Å²) in [7, 11) is 0. The number of benzene rings is 1. The van der Waals surface area contributed by atoms with E-state index in [4.69, 9.17) is 9.15 Å². The molecule has 0 radical (unpaired) electrons. The van der Waals surface area contributed by atoms with E-state index >= 15 is 0 Å². The Kier molecular flexibility index (Phi) is 7.35. The Balaban J connectivity index is 1.42. The molecule has 2 heterocycles. The fraction of sp³-hybridized carbons (Fsp3) is 0.478. The molecule has 0 spiro atoms. The zero-order chi connectivity index (χ0) is 22.4. The van der Waals surface area contributed by atoms with Crippen LogP contribution in [0.15, 0.2) is 47.1 Å². The summed E-state index contributed by atoms with van der Waals surface area (Å²) in [6, 6.07) is 10.4. The number of urea groups is 1. The van der Waals surface area contributed by atoms with Crippen LogP contribution in [-0.4, -0.2) is 54.2 Å². The Morgan fingerprint density at radius 2 is 1.74 bits per heavy atom. The van der Waals surface area contributed by atoms with Gasteiger partial charge in [-0.05, 0) is 57.5 Å². The number of carbonyl (C=O) groups excluding carboxylic acids is 2. The third kappa shape index (κ3) is 6.57. The zero-order valence-corrected chi connectivity index (χ0v) is 18.6. The Morgan fingerprint density at radius 3 is 2.35 bits per heavy atom. The predicted octanol–water partition coefficient (Wildman–Crippen LogP) is 3.22. The van der Waals surface area contributed by atoms with Crippen molar-refractivity contribution in [1.29, 1.82) is 0 Å². The van der Waals surface area contributed by atoms with Gasteiger partial charge in [0, 0.05) is 37.4 Å². The summed E-state index contributed by atoms with van der Waals surface area (Å²) in [4.78, 5) is 26.6. The molecule has 0 saturated carbocycles. The Morgan fingerprint density at radius 1 is 1.06 bits per heavy atom. The van der Waals surface area contributed by atoms with E-state index in [1.807, 2.05) is 12.1 Å². The molecule has 1 aliphatic heterocycles. The van der Waals surface area contributed by atoms with Crippen LogP contribution in [0.2, 0.25) is 0 Å². The van der Waals surface area contributed by atoms with E-state index in [-0.39, 0.29) is 35.4 Å². The zero-order valence-electron chi connectivity index (χ0n) is 18.6. The monoisotopic (exact) mass is 428 g/mol. The molecule has 0 aliphatic carbocycles. The second kappa shape index (κ2) is 9.98. The number of furan rings is 1. The molecule has 1 aromatic heterocycles. The van der Waals surface area contributed by atoms with Gasteiger partial charge in [0.25, 0.3) is 5.91 Å². The van der Waals surface area contributed by atoms with Crippen molar-refractivity contribution in [2.24, 2.45) is 0 Å². The third-order valence-electron chi connectivity index (χ3n) is 5.37. The fourth-order valence-electron chi connectivity index (χ4n) is 3.63. The largest absolute Gasteiger partial charge is 0.459 e. The molecule has 0 unspecified atom stereocenters. The fourth-order valence-corrected chi connectivity index (χ4v) is 3.63. The first kappa shape index (κ1) is 22.8. The van der Waals surface area contributed by atoms with Crippen LogP contribution in [0.3, 0.4) is 0 Å². The minimum atomic E-state index is -0.304. The maximum atomic E-state index is 12.3. The van der Waals surface area contributed by atoms with Crippen LogP contribution in [0.25, 0.3) is 0 Å². The van der Waals surface area contributed by atoms with E-state index in [0.717, 1.165) is 18.7 Å². The van der Waals surface area contributed by atoms with Gasteiger partial charge in [0.1, 0.15) is 0 Å². The third-order valence-corrected chi connectivity index (χ3v) is 5.37. The lowest BCUT2D eigenvalue weighted by Gasteiger charge is -2.45. The molecule has 3 amide bonds. The van der Waals surface area contributed by atoms with Gasteiger partial charge in [-0.25, -0.2) is 4.79 Å². The maximum absolute atomic E-state index is 12.3. The molecule has 0 bridgehead atoms. The Bertz CT molecular complexity index is 854. The predicted molar refractivity (Wildman–Crippen MR) is 119 cm³/mol. The van der Waals surface area contributed by atoms with Gasteiger partial charge < -0.3 is 25.1 Å². The lowest BCUT2D eigenvalue weighted by molar-refractivity contribution is -0.0947. The van der Waals surface area contributed by atoms with Crippen molar-refractivity contribution in [3.63, 3.8) is 0 Å². The summed E-state index contributed by atoms with van der Waals surface area (Å²) in [6.07, 6.45) is 1.82. The summed E-state index contributed by atoms with van der Waals surface area (Å²) < 4.78 is 10.9. The number of hydrogen-bond donors (Lipinski definition) is 3. The molecule has 31 heavy (non-hydrogen) atoms. The molecular weight excluding hydrogens is 396 g/mol. The van der Waals surface area contributed by atoms with E-state index in [1.54, 1.807) is 24.3 Å². The van der Waals surface area contributed by atoms with Crippen molar-refractivity contribution in [3.05, 3.63) is 54.0 Å². The highest BCUT2D eigenvalue weighted by molar-refractivity contribution is 6.02. The molecule has 2 aromatic rings. The first-order valence-electron chi connectivity index (χ1n) is 10.6. The summed E-state index contributed by atoms with van der Waals surface area (Å²) >= 11 is 0. The van der Waals surface area contributed by atoms with Gasteiger partial charge in [-0.3, -0.25) is 9.69 Å². The average Bonchev–Trinajstić information content (AvgIpc) is 3.26. The molecule has 1 aliphatic rings. The summed E-state index contributed by atoms with van der Waals surface area (Å²) in [6.45, 7) is 11.0. The van der Waals surface area contributed by atoms with Gasteiger partial charge in [0.15, 0.2) is 5.76 Å².